The van der Waals surface area contributed by atoms with Crippen LogP contribution in [0, 0.1) is 0 Å². The maximum atomic E-state index is 11.7. The number of aliphatic imine (C=N–C) groups is 1. The number of ether oxygens (including phenoxy) is 2. The van der Waals surface area contributed by atoms with E-state index in [0.29, 0.717) is 17.2 Å². The largest absolute Gasteiger partial charge is 0.467 e. The van der Waals surface area contributed by atoms with E-state index in [-0.39, 0.29) is 0 Å². The number of aromatic nitrogens is 1. The van der Waals surface area contributed by atoms with E-state index in [1.165, 1.54) is 14.2 Å². The van der Waals surface area contributed by atoms with Gasteiger partial charge in [0.2, 0.25) is 6.04 Å². The molecule has 0 aliphatic heterocycles. The lowest BCUT2D eigenvalue weighted by molar-refractivity contribution is -0.155. The molecule has 0 saturated carbocycles. The van der Waals surface area contributed by atoms with Gasteiger partial charge in [-0.1, -0.05) is 24.3 Å². The first kappa shape index (κ1) is 18.1. The normalized spacial score (nSPS) is 11.1. The van der Waals surface area contributed by atoms with Crippen LogP contribution >= 0.6 is 0 Å². The molecule has 8 nitrogen and oxygen atoms in total. The first-order valence-electron chi connectivity index (χ1n) is 7.38. The predicted molar refractivity (Wildman–Crippen MR) is 91.0 cm³/mol. The van der Waals surface area contributed by atoms with Gasteiger partial charge in [-0.3, -0.25) is 4.98 Å². The van der Waals surface area contributed by atoms with Crippen molar-refractivity contribution in [1.29, 1.82) is 0 Å². The van der Waals surface area contributed by atoms with Crippen molar-refractivity contribution in [3.05, 3.63) is 60.4 Å². The van der Waals surface area contributed by atoms with Crippen molar-refractivity contribution in [3.8, 4) is 0 Å². The van der Waals surface area contributed by atoms with Gasteiger partial charge >= 0.3 is 11.9 Å². The number of hydrogen-bond donors (Lipinski definition) is 2. The van der Waals surface area contributed by atoms with Crippen LogP contribution in [0.2, 0.25) is 0 Å². The summed E-state index contributed by atoms with van der Waals surface area (Å²) in [6.07, 6.45) is 1.61. The fourth-order valence-electron chi connectivity index (χ4n) is 1.87. The molecule has 8 heteroatoms. The lowest BCUT2D eigenvalue weighted by atomic mass is 10.3. The Hall–Kier alpha value is -3.26. The highest BCUT2D eigenvalue weighted by Gasteiger charge is 2.28. The van der Waals surface area contributed by atoms with Crippen molar-refractivity contribution in [2.75, 3.05) is 14.2 Å². The molecule has 0 atom stereocenters. The van der Waals surface area contributed by atoms with E-state index in [1.54, 1.807) is 24.4 Å². The third kappa shape index (κ3) is 5.11. The van der Waals surface area contributed by atoms with Crippen LogP contribution in [-0.2, 0) is 19.1 Å². The van der Waals surface area contributed by atoms with Crippen LogP contribution in [0.1, 0.15) is 5.69 Å². The number of benzene rings is 1. The minimum Gasteiger partial charge on any atom is -0.467 e. The molecule has 0 saturated heterocycles. The molecule has 0 radical (unpaired) electrons. The number of pyridine rings is 1. The minimum absolute atomic E-state index is 0.324. The minimum atomic E-state index is -1.35. The van der Waals surface area contributed by atoms with Crippen LogP contribution in [-0.4, -0.2) is 43.0 Å². The maximum Gasteiger partial charge on any atom is 0.336 e. The first-order valence-corrected chi connectivity index (χ1v) is 7.38. The average Bonchev–Trinajstić information content (AvgIpc) is 2.68. The van der Waals surface area contributed by atoms with E-state index in [2.05, 4.69) is 30.3 Å². The van der Waals surface area contributed by atoms with Crippen molar-refractivity contribution < 1.29 is 19.1 Å². The monoisotopic (exact) mass is 342 g/mol. The Bertz CT molecular complexity index is 719. The summed E-state index contributed by atoms with van der Waals surface area (Å²) in [6, 6.07) is 13.1. The van der Waals surface area contributed by atoms with Crippen LogP contribution in [0.4, 0.5) is 5.69 Å². The molecule has 2 rings (SSSR count). The second-order valence-electron chi connectivity index (χ2n) is 4.76. The predicted octanol–water partition coefficient (Wildman–Crippen LogP) is 0.969. The van der Waals surface area contributed by atoms with E-state index in [4.69, 9.17) is 0 Å². The Labute approximate surface area is 144 Å². The number of carbonyl (C=O) groups is 2. The Morgan fingerprint density at radius 2 is 1.64 bits per heavy atom. The zero-order valence-electron chi connectivity index (χ0n) is 13.8. The quantitative estimate of drug-likeness (QED) is 0.265. The van der Waals surface area contributed by atoms with E-state index in [0.717, 1.165) is 0 Å². The molecule has 0 fully saturated rings. The summed E-state index contributed by atoms with van der Waals surface area (Å²) in [5.41, 5.74) is 6.51. The third-order valence-corrected chi connectivity index (χ3v) is 3.11. The van der Waals surface area contributed by atoms with Crippen molar-refractivity contribution in [2.24, 2.45) is 4.99 Å². The maximum absolute atomic E-state index is 11.7. The molecule has 1 heterocycles. The average molecular weight is 342 g/mol. The number of para-hydroxylation sites is 1. The fraction of sp³-hybridized carbons (Fsp3) is 0.176. The number of esters is 2. The lowest BCUT2D eigenvalue weighted by Gasteiger charge is -2.16. The number of hydrazine groups is 1. The number of amidine groups is 1. The second-order valence-corrected chi connectivity index (χ2v) is 4.76. The van der Waals surface area contributed by atoms with E-state index >= 15 is 0 Å². The summed E-state index contributed by atoms with van der Waals surface area (Å²) in [5.74, 6) is -1.26. The fourth-order valence-corrected chi connectivity index (χ4v) is 1.87. The van der Waals surface area contributed by atoms with Crippen molar-refractivity contribution in [3.63, 3.8) is 0 Å². The third-order valence-electron chi connectivity index (χ3n) is 3.11. The number of rotatable bonds is 6. The molecule has 0 aliphatic rings. The summed E-state index contributed by atoms with van der Waals surface area (Å²) in [6.45, 7) is 0. The number of nitrogens with one attached hydrogen (secondary N) is 2. The van der Waals surface area contributed by atoms with Crippen LogP contribution in [0.25, 0.3) is 0 Å². The molecule has 1 aromatic carbocycles. The molecule has 0 bridgehead atoms. The smallest absolute Gasteiger partial charge is 0.336 e. The van der Waals surface area contributed by atoms with Gasteiger partial charge in [-0.25, -0.2) is 20.0 Å². The molecule has 0 unspecified atom stereocenters. The SMILES string of the molecule is COC(=O)C(NNC(=Nc1ccccc1)c1ccccn1)C(=O)OC. The van der Waals surface area contributed by atoms with Crippen molar-refractivity contribution in [1.82, 2.24) is 15.8 Å². The van der Waals surface area contributed by atoms with Gasteiger partial charge in [-0.15, -0.1) is 0 Å². The van der Waals surface area contributed by atoms with Gasteiger partial charge in [0.1, 0.15) is 5.69 Å². The van der Waals surface area contributed by atoms with Crippen molar-refractivity contribution in [2.45, 2.75) is 6.04 Å². The highest BCUT2D eigenvalue weighted by molar-refractivity contribution is 6.01. The summed E-state index contributed by atoms with van der Waals surface area (Å²) in [7, 11) is 2.36. The number of nitrogens with zero attached hydrogens (tertiary/aromatic N) is 2. The number of methoxy groups -OCH3 is 2. The van der Waals surface area contributed by atoms with Gasteiger partial charge in [-0.2, -0.15) is 0 Å². The number of hydrogen-bond acceptors (Lipinski definition) is 7. The Balaban J connectivity index is 2.26. The summed E-state index contributed by atoms with van der Waals surface area (Å²) < 4.78 is 9.19. The van der Waals surface area contributed by atoms with Crippen molar-refractivity contribution >= 4 is 23.5 Å². The van der Waals surface area contributed by atoms with Gasteiger partial charge in [0.05, 0.1) is 19.9 Å². The summed E-state index contributed by atoms with van der Waals surface area (Å²) in [4.78, 5) is 32.1. The highest BCUT2D eigenvalue weighted by Crippen LogP contribution is 2.11. The van der Waals surface area contributed by atoms with Crippen LogP contribution in [0.3, 0.4) is 0 Å². The molecule has 1 aromatic heterocycles. The molecule has 130 valence electrons. The van der Waals surface area contributed by atoms with Gasteiger partial charge in [0.25, 0.3) is 0 Å². The lowest BCUT2D eigenvalue weighted by Crippen LogP contribution is -2.53. The Morgan fingerprint density at radius 3 is 2.20 bits per heavy atom. The van der Waals surface area contributed by atoms with Crippen LogP contribution in [0.15, 0.2) is 59.7 Å². The van der Waals surface area contributed by atoms with Gasteiger partial charge in [-0.05, 0) is 24.3 Å². The molecule has 0 spiro atoms. The molecular formula is C17H18N4O4. The van der Waals surface area contributed by atoms with Crippen LogP contribution < -0.4 is 10.9 Å². The molecular weight excluding hydrogens is 324 g/mol. The zero-order valence-corrected chi connectivity index (χ0v) is 13.8. The standard InChI is InChI=1S/C17H18N4O4/c1-24-16(22)14(17(23)25-2)20-21-15(13-10-6-7-11-18-13)19-12-8-4-3-5-9-12/h3-11,14,20H,1-2H3,(H,19,21). The Kier molecular flexibility index (Phi) is 6.61. The Morgan fingerprint density at radius 1 is 1.00 bits per heavy atom. The van der Waals surface area contributed by atoms with E-state index in [9.17, 15) is 9.59 Å². The van der Waals surface area contributed by atoms with E-state index < -0.39 is 18.0 Å². The van der Waals surface area contributed by atoms with Gasteiger partial charge in [0, 0.05) is 6.20 Å². The number of carbonyl (C=O) groups excluding carboxylic acids is 2. The summed E-state index contributed by atoms with van der Waals surface area (Å²) >= 11 is 0. The van der Waals surface area contributed by atoms with Gasteiger partial charge in [0.15, 0.2) is 5.84 Å². The molecule has 0 aliphatic carbocycles. The second kappa shape index (κ2) is 9.14. The highest BCUT2D eigenvalue weighted by atomic mass is 16.5. The first-order chi connectivity index (χ1) is 12.2. The molecule has 2 aromatic rings. The van der Waals surface area contributed by atoms with Crippen LogP contribution in [0.5, 0.6) is 0 Å². The van der Waals surface area contributed by atoms with Gasteiger partial charge < -0.3 is 14.9 Å². The molecule has 0 amide bonds. The van der Waals surface area contributed by atoms with E-state index in [1.807, 2.05) is 30.3 Å². The topological polar surface area (TPSA) is 102 Å². The summed E-state index contributed by atoms with van der Waals surface area (Å²) in [5, 5.41) is 0. The molecule has 25 heavy (non-hydrogen) atoms. The molecule has 2 N–H and O–H groups in total. The zero-order chi connectivity index (χ0) is 18.1.